The van der Waals surface area contributed by atoms with Crippen molar-refractivity contribution in [2.24, 2.45) is 0 Å². The number of halogens is 1. The molecule has 0 atom stereocenters. The number of nitrogens with one attached hydrogen (secondary N) is 1. The Hall–Kier alpha value is -0.120. The van der Waals surface area contributed by atoms with E-state index in [0.29, 0.717) is 0 Å². The van der Waals surface area contributed by atoms with Gasteiger partial charge >= 0.3 is 0 Å². The van der Waals surface area contributed by atoms with Crippen LogP contribution in [0, 0.1) is 0 Å². The second kappa shape index (κ2) is 6.35. The standard InChI is InChI=1S/C10H17NO.BrH/c1-3-5-10(6-4-2)9-11-7-8-12-10;/h3-4,11H,1-2,5-9H2;1H. The minimum absolute atomic E-state index is 0. The van der Waals surface area contributed by atoms with Crippen LogP contribution in [0.25, 0.3) is 0 Å². The molecular weight excluding hydrogens is 230 g/mol. The van der Waals surface area contributed by atoms with Gasteiger partial charge in [0.25, 0.3) is 0 Å². The number of morpholine rings is 1. The quantitative estimate of drug-likeness (QED) is 0.769. The van der Waals surface area contributed by atoms with Crippen LogP contribution < -0.4 is 5.32 Å². The first-order chi connectivity index (χ1) is 5.83. The van der Waals surface area contributed by atoms with E-state index < -0.39 is 0 Å². The number of hydrogen-bond acceptors (Lipinski definition) is 2. The Morgan fingerprint density at radius 3 is 2.31 bits per heavy atom. The smallest absolute Gasteiger partial charge is 0.0875 e. The first-order valence-electron chi connectivity index (χ1n) is 4.39. The fourth-order valence-electron chi connectivity index (χ4n) is 1.58. The highest BCUT2D eigenvalue weighted by molar-refractivity contribution is 8.93. The Balaban J connectivity index is 0.00000144. The van der Waals surface area contributed by atoms with Gasteiger partial charge < -0.3 is 10.1 Å². The maximum absolute atomic E-state index is 5.74. The molecule has 0 radical (unpaired) electrons. The minimum atomic E-state index is -0.0677. The summed E-state index contributed by atoms with van der Waals surface area (Å²) in [6.45, 7) is 10.1. The highest BCUT2D eigenvalue weighted by Gasteiger charge is 2.30. The Kier molecular flexibility index (Phi) is 6.29. The van der Waals surface area contributed by atoms with Gasteiger partial charge in [0.2, 0.25) is 0 Å². The van der Waals surface area contributed by atoms with Gasteiger partial charge in [-0.15, -0.1) is 30.1 Å². The summed E-state index contributed by atoms with van der Waals surface area (Å²) in [5.74, 6) is 0. The third-order valence-corrected chi connectivity index (χ3v) is 2.17. The molecule has 0 aliphatic carbocycles. The van der Waals surface area contributed by atoms with Gasteiger partial charge in [-0.05, 0) is 12.8 Å². The molecule has 0 bridgehead atoms. The molecule has 0 unspecified atom stereocenters. The van der Waals surface area contributed by atoms with Crippen LogP contribution in [0.1, 0.15) is 12.8 Å². The summed E-state index contributed by atoms with van der Waals surface area (Å²) in [5, 5.41) is 3.32. The van der Waals surface area contributed by atoms with Crippen molar-refractivity contribution in [3.8, 4) is 0 Å². The summed E-state index contributed by atoms with van der Waals surface area (Å²) in [5.41, 5.74) is -0.0677. The van der Waals surface area contributed by atoms with E-state index in [1.807, 2.05) is 12.2 Å². The van der Waals surface area contributed by atoms with Crippen molar-refractivity contribution < 1.29 is 4.74 Å². The normalized spacial score (nSPS) is 20.0. The van der Waals surface area contributed by atoms with Crippen molar-refractivity contribution in [2.75, 3.05) is 19.7 Å². The van der Waals surface area contributed by atoms with Crippen molar-refractivity contribution >= 4 is 17.0 Å². The molecule has 76 valence electrons. The molecule has 0 amide bonds. The van der Waals surface area contributed by atoms with Gasteiger partial charge in [0.15, 0.2) is 0 Å². The summed E-state index contributed by atoms with van der Waals surface area (Å²) < 4.78 is 5.74. The molecule has 3 heteroatoms. The van der Waals surface area contributed by atoms with E-state index >= 15 is 0 Å². The van der Waals surface area contributed by atoms with E-state index in [4.69, 9.17) is 4.74 Å². The first-order valence-corrected chi connectivity index (χ1v) is 4.39. The molecule has 1 heterocycles. The monoisotopic (exact) mass is 247 g/mol. The van der Waals surface area contributed by atoms with Crippen LogP contribution in [0.4, 0.5) is 0 Å². The number of hydrogen-bond donors (Lipinski definition) is 1. The highest BCUT2D eigenvalue weighted by atomic mass is 79.9. The van der Waals surface area contributed by atoms with Crippen molar-refractivity contribution in [1.82, 2.24) is 5.32 Å². The zero-order chi connectivity index (χ0) is 8.86. The largest absolute Gasteiger partial charge is 0.372 e. The van der Waals surface area contributed by atoms with Crippen LogP contribution in [0.15, 0.2) is 25.3 Å². The molecule has 0 aromatic rings. The predicted octanol–water partition coefficient (Wildman–Crippen LogP) is 2.08. The molecule has 1 N–H and O–H groups in total. The molecule has 1 aliphatic heterocycles. The van der Waals surface area contributed by atoms with Crippen LogP contribution in [0.2, 0.25) is 0 Å². The van der Waals surface area contributed by atoms with Crippen LogP contribution >= 0.6 is 17.0 Å². The maximum Gasteiger partial charge on any atom is 0.0875 e. The number of ether oxygens (including phenoxy) is 1. The van der Waals surface area contributed by atoms with Gasteiger partial charge in [-0.1, -0.05) is 12.2 Å². The average molecular weight is 248 g/mol. The molecule has 0 aromatic heterocycles. The molecule has 0 saturated carbocycles. The maximum atomic E-state index is 5.74. The minimum Gasteiger partial charge on any atom is -0.372 e. The van der Waals surface area contributed by atoms with Crippen LogP contribution in [-0.4, -0.2) is 25.3 Å². The van der Waals surface area contributed by atoms with Gasteiger partial charge in [0.05, 0.1) is 12.2 Å². The van der Waals surface area contributed by atoms with Gasteiger partial charge in [-0.25, -0.2) is 0 Å². The third kappa shape index (κ3) is 3.63. The predicted molar refractivity (Wildman–Crippen MR) is 61.5 cm³/mol. The zero-order valence-electron chi connectivity index (χ0n) is 7.92. The lowest BCUT2D eigenvalue weighted by Crippen LogP contribution is -2.49. The molecular formula is C10H18BrNO. The lowest BCUT2D eigenvalue weighted by molar-refractivity contribution is -0.0612. The molecule has 1 rings (SSSR count). The molecule has 1 fully saturated rings. The van der Waals surface area contributed by atoms with Gasteiger partial charge in [0, 0.05) is 13.1 Å². The van der Waals surface area contributed by atoms with Crippen molar-refractivity contribution in [2.45, 2.75) is 18.4 Å². The second-order valence-electron chi connectivity index (χ2n) is 3.19. The van der Waals surface area contributed by atoms with Crippen LogP contribution in [0.3, 0.4) is 0 Å². The summed E-state index contributed by atoms with van der Waals surface area (Å²) in [4.78, 5) is 0. The molecule has 1 aliphatic rings. The summed E-state index contributed by atoms with van der Waals surface area (Å²) in [6.07, 6.45) is 5.62. The van der Waals surface area contributed by atoms with Crippen molar-refractivity contribution in [1.29, 1.82) is 0 Å². The molecule has 0 spiro atoms. The van der Waals surface area contributed by atoms with Crippen LogP contribution in [-0.2, 0) is 4.74 Å². The fourth-order valence-corrected chi connectivity index (χ4v) is 1.58. The van der Waals surface area contributed by atoms with E-state index in [-0.39, 0.29) is 22.6 Å². The first kappa shape index (κ1) is 12.9. The van der Waals surface area contributed by atoms with Crippen molar-refractivity contribution in [3.05, 3.63) is 25.3 Å². The van der Waals surface area contributed by atoms with E-state index in [9.17, 15) is 0 Å². The topological polar surface area (TPSA) is 21.3 Å². The Bertz CT molecular complexity index is 152. The molecule has 2 nitrogen and oxygen atoms in total. The van der Waals surface area contributed by atoms with E-state index in [2.05, 4.69) is 18.5 Å². The van der Waals surface area contributed by atoms with E-state index in [1.165, 1.54) is 0 Å². The number of rotatable bonds is 4. The van der Waals surface area contributed by atoms with Gasteiger partial charge in [-0.3, -0.25) is 0 Å². The Labute approximate surface area is 90.8 Å². The SMILES string of the molecule is Br.C=CCC1(CC=C)CNCCO1. The van der Waals surface area contributed by atoms with E-state index in [1.54, 1.807) is 0 Å². The molecule has 0 aromatic carbocycles. The van der Waals surface area contributed by atoms with Crippen molar-refractivity contribution in [3.63, 3.8) is 0 Å². The fraction of sp³-hybridized carbons (Fsp3) is 0.600. The highest BCUT2D eigenvalue weighted by Crippen LogP contribution is 2.22. The summed E-state index contributed by atoms with van der Waals surface area (Å²) in [7, 11) is 0. The summed E-state index contributed by atoms with van der Waals surface area (Å²) in [6, 6.07) is 0. The molecule has 1 saturated heterocycles. The molecule has 13 heavy (non-hydrogen) atoms. The van der Waals surface area contributed by atoms with Gasteiger partial charge in [0.1, 0.15) is 0 Å². The Morgan fingerprint density at radius 2 is 1.92 bits per heavy atom. The Morgan fingerprint density at radius 1 is 1.31 bits per heavy atom. The lowest BCUT2D eigenvalue weighted by Gasteiger charge is -2.36. The van der Waals surface area contributed by atoms with Crippen LogP contribution in [0.5, 0.6) is 0 Å². The van der Waals surface area contributed by atoms with E-state index in [0.717, 1.165) is 32.5 Å². The van der Waals surface area contributed by atoms with Gasteiger partial charge in [-0.2, -0.15) is 0 Å². The second-order valence-corrected chi connectivity index (χ2v) is 3.19. The zero-order valence-corrected chi connectivity index (χ0v) is 9.63. The lowest BCUT2D eigenvalue weighted by atomic mass is 9.94. The third-order valence-electron chi connectivity index (χ3n) is 2.17. The summed E-state index contributed by atoms with van der Waals surface area (Å²) >= 11 is 0. The average Bonchev–Trinajstić information content (AvgIpc) is 2.07.